The van der Waals surface area contributed by atoms with Crippen LogP contribution in [0.5, 0.6) is 0 Å². The molecule has 1 aromatic carbocycles. The Hall–Kier alpha value is -1.00. The minimum atomic E-state index is 0.144. The van der Waals surface area contributed by atoms with Crippen LogP contribution >= 0.6 is 11.8 Å². The predicted molar refractivity (Wildman–Crippen MR) is 85.1 cm³/mol. The summed E-state index contributed by atoms with van der Waals surface area (Å²) in [6.45, 7) is 3.49. The van der Waals surface area contributed by atoms with Crippen molar-refractivity contribution in [3.8, 4) is 0 Å². The summed E-state index contributed by atoms with van der Waals surface area (Å²) in [4.78, 5) is 15.9. The molecule has 0 saturated heterocycles. The average Bonchev–Trinajstić information content (AvgIpc) is 2.96. The van der Waals surface area contributed by atoms with Crippen LogP contribution in [0.1, 0.15) is 36.5 Å². The molecule has 2 rings (SSSR count). The lowest BCUT2D eigenvalue weighted by Gasteiger charge is -2.32. The van der Waals surface area contributed by atoms with Crippen LogP contribution < -0.4 is 5.73 Å². The zero-order valence-electron chi connectivity index (χ0n) is 12.3. The third-order valence-corrected chi connectivity index (χ3v) is 5.00. The van der Waals surface area contributed by atoms with E-state index in [-0.39, 0.29) is 5.91 Å². The molecule has 0 aromatic heterocycles. The summed E-state index contributed by atoms with van der Waals surface area (Å²) in [5, 5.41) is 0. The van der Waals surface area contributed by atoms with Gasteiger partial charge in [0.15, 0.2) is 0 Å². The van der Waals surface area contributed by atoms with Crippen molar-refractivity contribution in [3.05, 3.63) is 29.8 Å². The van der Waals surface area contributed by atoms with Crippen molar-refractivity contribution in [1.82, 2.24) is 4.90 Å². The van der Waals surface area contributed by atoms with E-state index in [2.05, 4.69) is 6.92 Å². The van der Waals surface area contributed by atoms with Gasteiger partial charge in [0.1, 0.15) is 0 Å². The summed E-state index contributed by atoms with van der Waals surface area (Å²) < 4.78 is 0. The molecule has 0 heterocycles. The molecule has 0 radical (unpaired) electrons. The standard InChI is InChI=1S/C16H24N2OS/c1-3-18(15-6-4-5-13(15)11-17)16(19)12-7-9-14(20-2)10-8-12/h7-10,13,15H,3-6,11,17H2,1-2H3. The van der Waals surface area contributed by atoms with Gasteiger partial charge in [0.2, 0.25) is 0 Å². The first-order valence-corrected chi connectivity index (χ1v) is 8.58. The summed E-state index contributed by atoms with van der Waals surface area (Å²) in [5.41, 5.74) is 6.64. The van der Waals surface area contributed by atoms with Crippen LogP contribution in [0.2, 0.25) is 0 Å². The van der Waals surface area contributed by atoms with Crippen LogP contribution in [0.3, 0.4) is 0 Å². The second-order valence-corrected chi connectivity index (χ2v) is 6.19. The molecule has 1 fully saturated rings. The van der Waals surface area contributed by atoms with Gasteiger partial charge in [-0.3, -0.25) is 4.79 Å². The number of rotatable bonds is 5. The first-order chi connectivity index (χ1) is 9.71. The Kier molecular flexibility index (Phi) is 5.49. The van der Waals surface area contributed by atoms with Gasteiger partial charge in [-0.05, 0) is 62.7 Å². The van der Waals surface area contributed by atoms with Crippen LogP contribution in [0.4, 0.5) is 0 Å². The predicted octanol–water partition coefficient (Wildman–Crippen LogP) is 3.00. The molecule has 3 nitrogen and oxygen atoms in total. The summed E-state index contributed by atoms with van der Waals surface area (Å²) in [7, 11) is 0. The molecule has 110 valence electrons. The first kappa shape index (κ1) is 15.4. The normalized spacial score (nSPS) is 21.9. The van der Waals surface area contributed by atoms with Gasteiger partial charge in [-0.25, -0.2) is 0 Å². The highest BCUT2D eigenvalue weighted by Gasteiger charge is 2.33. The molecule has 2 N–H and O–H groups in total. The fraction of sp³-hybridized carbons (Fsp3) is 0.562. The largest absolute Gasteiger partial charge is 0.336 e. The number of hydrogen-bond donors (Lipinski definition) is 1. The Morgan fingerprint density at radius 1 is 1.35 bits per heavy atom. The highest BCUT2D eigenvalue weighted by Crippen LogP contribution is 2.30. The summed E-state index contributed by atoms with van der Waals surface area (Å²) >= 11 is 1.69. The molecule has 1 amide bonds. The monoisotopic (exact) mass is 292 g/mol. The number of carbonyl (C=O) groups is 1. The lowest BCUT2D eigenvalue weighted by Crippen LogP contribution is -2.44. The summed E-state index contributed by atoms with van der Waals surface area (Å²) in [5.74, 6) is 0.606. The van der Waals surface area contributed by atoms with E-state index >= 15 is 0 Å². The molecule has 1 aromatic rings. The fourth-order valence-corrected chi connectivity index (χ4v) is 3.54. The summed E-state index contributed by atoms with van der Waals surface area (Å²) in [6, 6.07) is 8.21. The molecule has 0 bridgehead atoms. The Balaban J connectivity index is 2.15. The number of carbonyl (C=O) groups excluding carboxylic acids is 1. The second kappa shape index (κ2) is 7.14. The molecule has 0 aliphatic heterocycles. The summed E-state index contributed by atoms with van der Waals surface area (Å²) in [6.07, 6.45) is 5.46. The SMILES string of the molecule is CCN(C(=O)c1ccc(SC)cc1)C1CCCC1CN. The number of hydrogen-bond acceptors (Lipinski definition) is 3. The number of thioether (sulfide) groups is 1. The van der Waals surface area contributed by atoms with E-state index in [9.17, 15) is 4.79 Å². The van der Waals surface area contributed by atoms with Gasteiger partial charge >= 0.3 is 0 Å². The van der Waals surface area contributed by atoms with E-state index in [0.717, 1.165) is 24.9 Å². The number of amides is 1. The van der Waals surface area contributed by atoms with E-state index in [0.29, 0.717) is 18.5 Å². The lowest BCUT2D eigenvalue weighted by molar-refractivity contribution is 0.0652. The second-order valence-electron chi connectivity index (χ2n) is 5.31. The Morgan fingerprint density at radius 3 is 2.60 bits per heavy atom. The molecular weight excluding hydrogens is 268 g/mol. The van der Waals surface area contributed by atoms with Gasteiger partial charge in [-0.15, -0.1) is 11.8 Å². The van der Waals surface area contributed by atoms with Crippen LogP contribution in [-0.4, -0.2) is 36.2 Å². The van der Waals surface area contributed by atoms with Crippen LogP contribution in [0.25, 0.3) is 0 Å². The van der Waals surface area contributed by atoms with E-state index in [4.69, 9.17) is 5.73 Å². The van der Waals surface area contributed by atoms with Gasteiger partial charge in [0, 0.05) is 23.0 Å². The highest BCUT2D eigenvalue weighted by molar-refractivity contribution is 7.98. The lowest BCUT2D eigenvalue weighted by atomic mass is 10.0. The van der Waals surface area contributed by atoms with Crippen molar-refractivity contribution in [2.24, 2.45) is 11.7 Å². The molecule has 1 saturated carbocycles. The maximum absolute atomic E-state index is 12.7. The molecule has 1 aliphatic carbocycles. The quantitative estimate of drug-likeness (QED) is 0.849. The molecule has 2 unspecified atom stereocenters. The minimum Gasteiger partial charge on any atom is -0.336 e. The minimum absolute atomic E-state index is 0.144. The van der Waals surface area contributed by atoms with Crippen LogP contribution in [0.15, 0.2) is 29.2 Å². The fourth-order valence-electron chi connectivity index (χ4n) is 3.13. The van der Waals surface area contributed by atoms with Crippen molar-refractivity contribution in [1.29, 1.82) is 0 Å². The van der Waals surface area contributed by atoms with Gasteiger partial charge in [-0.2, -0.15) is 0 Å². The topological polar surface area (TPSA) is 46.3 Å². The molecule has 20 heavy (non-hydrogen) atoms. The number of benzene rings is 1. The third kappa shape index (κ3) is 3.18. The van der Waals surface area contributed by atoms with Crippen molar-refractivity contribution in [2.75, 3.05) is 19.3 Å². The Bertz CT molecular complexity index is 446. The Morgan fingerprint density at radius 2 is 2.05 bits per heavy atom. The van der Waals surface area contributed by atoms with Crippen LogP contribution in [0, 0.1) is 5.92 Å². The van der Waals surface area contributed by atoms with E-state index in [1.54, 1.807) is 11.8 Å². The third-order valence-electron chi connectivity index (χ3n) is 4.26. The van der Waals surface area contributed by atoms with Gasteiger partial charge < -0.3 is 10.6 Å². The van der Waals surface area contributed by atoms with Crippen molar-refractivity contribution in [2.45, 2.75) is 37.1 Å². The molecular formula is C16H24N2OS. The van der Waals surface area contributed by atoms with Crippen LogP contribution in [-0.2, 0) is 0 Å². The van der Waals surface area contributed by atoms with Gasteiger partial charge in [-0.1, -0.05) is 6.42 Å². The van der Waals surface area contributed by atoms with E-state index in [1.165, 1.54) is 11.3 Å². The number of nitrogens with two attached hydrogens (primary N) is 1. The smallest absolute Gasteiger partial charge is 0.254 e. The maximum atomic E-state index is 12.7. The molecule has 2 atom stereocenters. The van der Waals surface area contributed by atoms with Crippen molar-refractivity contribution >= 4 is 17.7 Å². The van der Waals surface area contributed by atoms with Crippen molar-refractivity contribution in [3.63, 3.8) is 0 Å². The van der Waals surface area contributed by atoms with Crippen molar-refractivity contribution < 1.29 is 4.79 Å². The Labute approximate surface area is 125 Å². The van der Waals surface area contributed by atoms with Gasteiger partial charge in [0.05, 0.1) is 0 Å². The molecule has 1 aliphatic rings. The zero-order valence-corrected chi connectivity index (χ0v) is 13.2. The highest BCUT2D eigenvalue weighted by atomic mass is 32.2. The van der Waals surface area contributed by atoms with E-state index < -0.39 is 0 Å². The molecule has 4 heteroatoms. The first-order valence-electron chi connectivity index (χ1n) is 7.36. The average molecular weight is 292 g/mol. The van der Waals surface area contributed by atoms with E-state index in [1.807, 2.05) is 35.4 Å². The number of nitrogens with zero attached hydrogens (tertiary/aromatic N) is 1. The zero-order chi connectivity index (χ0) is 14.5. The van der Waals surface area contributed by atoms with Gasteiger partial charge in [0.25, 0.3) is 5.91 Å². The maximum Gasteiger partial charge on any atom is 0.254 e. The molecule has 0 spiro atoms.